The summed E-state index contributed by atoms with van der Waals surface area (Å²) in [6, 6.07) is 15.4. The van der Waals surface area contributed by atoms with Gasteiger partial charge in [0.2, 0.25) is 15.9 Å². The van der Waals surface area contributed by atoms with Crippen molar-refractivity contribution in [2.24, 2.45) is 0 Å². The number of nitrogens with zero attached hydrogens (tertiary/aromatic N) is 2. The summed E-state index contributed by atoms with van der Waals surface area (Å²) in [5.41, 5.74) is 3.87. The van der Waals surface area contributed by atoms with Crippen LogP contribution >= 0.6 is 0 Å². The molecule has 2 aliphatic heterocycles. The van der Waals surface area contributed by atoms with Gasteiger partial charge in [-0.1, -0.05) is 30.3 Å². The summed E-state index contributed by atoms with van der Waals surface area (Å²) in [6.45, 7) is 4.51. The molecule has 0 bridgehead atoms. The summed E-state index contributed by atoms with van der Waals surface area (Å²) >= 11 is 0. The minimum Gasteiger partial charge on any atom is -0.369 e. The number of nitrogens with one attached hydrogen (secondary N) is 2. The highest BCUT2D eigenvalue weighted by Crippen LogP contribution is 2.26. The Hall–Kier alpha value is -2.68. The molecule has 0 atom stereocenters. The highest BCUT2D eigenvalue weighted by atomic mass is 32.2. The minimum atomic E-state index is -3.59. The Morgan fingerprint density at radius 3 is 2.10 bits per heavy atom. The Kier molecular flexibility index (Phi) is 6.41. The molecule has 2 aromatic carbocycles. The molecule has 7 nitrogen and oxygen atoms in total. The smallest absolute Gasteiger partial charge is 0.246 e. The van der Waals surface area contributed by atoms with Crippen LogP contribution in [0, 0.1) is 0 Å². The molecule has 8 heteroatoms. The van der Waals surface area contributed by atoms with Crippen LogP contribution < -0.4 is 15.5 Å². The molecule has 2 aliphatic rings. The summed E-state index contributed by atoms with van der Waals surface area (Å²) in [4.78, 5) is 14.4. The first kappa shape index (κ1) is 21.5. The Bertz CT molecular complexity index is 1060. The van der Waals surface area contributed by atoms with Crippen LogP contribution in [0.4, 0.5) is 5.69 Å². The van der Waals surface area contributed by atoms with Crippen molar-refractivity contribution in [3.8, 4) is 11.1 Å². The van der Waals surface area contributed by atoms with E-state index in [1.807, 2.05) is 12.1 Å². The summed E-state index contributed by atoms with van der Waals surface area (Å²) in [7, 11) is -2.02. The van der Waals surface area contributed by atoms with Gasteiger partial charge >= 0.3 is 0 Å². The molecule has 0 aliphatic carbocycles. The number of carbonyl (C=O) groups excluding carboxylic acids is 1. The van der Waals surface area contributed by atoms with E-state index in [0.29, 0.717) is 18.5 Å². The largest absolute Gasteiger partial charge is 0.369 e. The number of benzene rings is 2. The molecule has 1 amide bonds. The number of hydrogen-bond donors (Lipinski definition) is 2. The van der Waals surface area contributed by atoms with Crippen LogP contribution in [0.3, 0.4) is 0 Å². The fourth-order valence-electron chi connectivity index (χ4n) is 3.99. The Labute approximate surface area is 183 Å². The molecule has 0 radical (unpaired) electrons. The van der Waals surface area contributed by atoms with Gasteiger partial charge in [0, 0.05) is 57.6 Å². The number of carbonyl (C=O) groups is 1. The lowest BCUT2D eigenvalue weighted by Gasteiger charge is -2.29. The third-order valence-corrected chi connectivity index (χ3v) is 7.74. The maximum Gasteiger partial charge on any atom is 0.246 e. The molecule has 4 rings (SSSR count). The van der Waals surface area contributed by atoms with Gasteiger partial charge in [0.05, 0.1) is 4.90 Å². The van der Waals surface area contributed by atoms with Crippen LogP contribution in [0.5, 0.6) is 0 Å². The van der Waals surface area contributed by atoms with E-state index in [1.165, 1.54) is 9.99 Å². The standard InChI is InChI=1S/C23H28N4O3S/c1-24-23(28)20-10-14-27(15-11-20)31(29,30)22-8-4-19(5-9-22)18-2-6-21(7-3-18)26-16-12-25-13-17-26/h2-10,25H,11-17H2,1H3,(H,24,28). The van der Waals surface area contributed by atoms with Gasteiger partial charge in [0.1, 0.15) is 0 Å². The van der Waals surface area contributed by atoms with Gasteiger partial charge in [-0.15, -0.1) is 0 Å². The van der Waals surface area contributed by atoms with E-state index in [9.17, 15) is 13.2 Å². The maximum absolute atomic E-state index is 13.0. The van der Waals surface area contributed by atoms with Crippen LogP contribution in [-0.2, 0) is 14.8 Å². The highest BCUT2D eigenvalue weighted by Gasteiger charge is 2.27. The van der Waals surface area contributed by atoms with E-state index in [2.05, 4.69) is 39.8 Å². The van der Waals surface area contributed by atoms with Gasteiger partial charge in [0.15, 0.2) is 0 Å². The summed E-state index contributed by atoms with van der Waals surface area (Å²) in [6.07, 6.45) is 2.10. The van der Waals surface area contributed by atoms with Gasteiger partial charge in [-0.2, -0.15) is 4.31 Å². The number of anilines is 1. The van der Waals surface area contributed by atoms with Gasteiger partial charge in [-0.25, -0.2) is 8.42 Å². The van der Waals surface area contributed by atoms with Crippen LogP contribution in [0.15, 0.2) is 65.1 Å². The highest BCUT2D eigenvalue weighted by molar-refractivity contribution is 7.89. The number of hydrogen-bond acceptors (Lipinski definition) is 5. The molecule has 0 aromatic heterocycles. The van der Waals surface area contributed by atoms with Crippen molar-refractivity contribution < 1.29 is 13.2 Å². The normalized spacial score (nSPS) is 17.8. The molecular formula is C23H28N4O3S. The van der Waals surface area contributed by atoms with E-state index in [0.717, 1.165) is 37.3 Å². The van der Waals surface area contributed by atoms with E-state index in [4.69, 9.17) is 0 Å². The second-order valence-electron chi connectivity index (χ2n) is 7.73. The van der Waals surface area contributed by atoms with Crippen molar-refractivity contribution in [3.05, 3.63) is 60.2 Å². The van der Waals surface area contributed by atoms with Gasteiger partial charge in [0.25, 0.3) is 0 Å². The second-order valence-corrected chi connectivity index (χ2v) is 9.67. The number of rotatable bonds is 5. The molecule has 2 aromatic rings. The van der Waals surface area contributed by atoms with E-state index in [-0.39, 0.29) is 17.3 Å². The number of sulfonamides is 1. The lowest BCUT2D eigenvalue weighted by Crippen LogP contribution is -2.43. The summed E-state index contributed by atoms with van der Waals surface area (Å²) < 4.78 is 27.4. The van der Waals surface area contributed by atoms with Crippen LogP contribution in [0.25, 0.3) is 11.1 Å². The Morgan fingerprint density at radius 1 is 0.935 bits per heavy atom. The lowest BCUT2D eigenvalue weighted by molar-refractivity contribution is -0.117. The monoisotopic (exact) mass is 440 g/mol. The average molecular weight is 441 g/mol. The van der Waals surface area contributed by atoms with E-state index in [1.54, 1.807) is 25.3 Å². The van der Waals surface area contributed by atoms with Crippen molar-refractivity contribution in [2.45, 2.75) is 11.3 Å². The molecule has 164 valence electrons. The fraction of sp³-hybridized carbons (Fsp3) is 0.348. The van der Waals surface area contributed by atoms with Crippen LogP contribution in [0.1, 0.15) is 6.42 Å². The molecule has 2 N–H and O–H groups in total. The summed E-state index contributed by atoms with van der Waals surface area (Å²) in [5.74, 6) is -0.149. The van der Waals surface area contributed by atoms with Crippen molar-refractivity contribution >= 4 is 21.6 Å². The molecular weight excluding hydrogens is 412 g/mol. The topological polar surface area (TPSA) is 81.8 Å². The molecule has 1 saturated heterocycles. The average Bonchev–Trinajstić information content (AvgIpc) is 2.84. The molecule has 1 fully saturated rings. The van der Waals surface area contributed by atoms with Crippen LogP contribution in [-0.4, -0.2) is 64.9 Å². The quantitative estimate of drug-likeness (QED) is 0.741. The fourth-order valence-corrected chi connectivity index (χ4v) is 5.37. The van der Waals surface area contributed by atoms with Crippen LogP contribution in [0.2, 0.25) is 0 Å². The van der Waals surface area contributed by atoms with E-state index >= 15 is 0 Å². The van der Waals surface area contributed by atoms with Crippen molar-refractivity contribution in [2.75, 3.05) is 51.2 Å². The predicted octanol–water partition coefficient (Wildman–Crippen LogP) is 1.83. The number of likely N-dealkylation sites (N-methyl/N-ethyl adjacent to an activating group) is 1. The third-order valence-electron chi connectivity index (χ3n) is 5.87. The zero-order valence-electron chi connectivity index (χ0n) is 17.7. The molecule has 2 heterocycles. The molecule has 0 saturated carbocycles. The maximum atomic E-state index is 13.0. The van der Waals surface area contributed by atoms with Gasteiger partial charge in [-0.05, 0) is 41.8 Å². The van der Waals surface area contributed by atoms with E-state index < -0.39 is 10.0 Å². The van der Waals surface area contributed by atoms with Crippen molar-refractivity contribution in [1.82, 2.24) is 14.9 Å². The zero-order valence-corrected chi connectivity index (χ0v) is 18.5. The zero-order chi connectivity index (χ0) is 21.8. The van der Waals surface area contributed by atoms with Gasteiger partial charge in [-0.3, -0.25) is 4.79 Å². The van der Waals surface area contributed by atoms with Crippen molar-refractivity contribution in [1.29, 1.82) is 0 Å². The second kappa shape index (κ2) is 9.21. The first-order valence-corrected chi connectivity index (χ1v) is 12.0. The van der Waals surface area contributed by atoms with Gasteiger partial charge < -0.3 is 15.5 Å². The minimum absolute atomic E-state index is 0.149. The Balaban J connectivity index is 1.46. The predicted molar refractivity (Wildman–Crippen MR) is 122 cm³/mol. The third kappa shape index (κ3) is 4.66. The Morgan fingerprint density at radius 2 is 1.55 bits per heavy atom. The lowest BCUT2D eigenvalue weighted by atomic mass is 10.1. The first-order valence-electron chi connectivity index (χ1n) is 10.6. The molecule has 0 spiro atoms. The number of amides is 1. The first-order chi connectivity index (χ1) is 15.0. The molecule has 0 unspecified atom stereocenters. The summed E-state index contributed by atoms with van der Waals surface area (Å²) in [5, 5.41) is 5.94. The SMILES string of the molecule is CNC(=O)C1=CCN(S(=O)(=O)c2ccc(-c3ccc(N4CCNCC4)cc3)cc2)CC1. The molecule has 31 heavy (non-hydrogen) atoms. The van der Waals surface area contributed by atoms with Crippen molar-refractivity contribution in [3.63, 3.8) is 0 Å². The number of piperazine rings is 1.